The first-order valence-electron chi connectivity index (χ1n) is 4.03. The maximum absolute atomic E-state index is 11.0. The molecule has 0 aromatic rings. The van der Waals surface area contributed by atoms with Gasteiger partial charge in [-0.15, -0.1) is 0 Å². The summed E-state index contributed by atoms with van der Waals surface area (Å²) in [5.41, 5.74) is 0. The molecule has 3 heteroatoms. The Morgan fingerprint density at radius 1 is 1.18 bits per heavy atom. The molecule has 2 saturated heterocycles. The number of fused-ring (bicyclic) bond motifs is 1. The lowest BCUT2D eigenvalue weighted by molar-refractivity contribution is -0.122. The summed E-state index contributed by atoms with van der Waals surface area (Å²) in [6.45, 7) is 1.02. The molecule has 2 rings (SSSR count). The molecule has 1 atom stereocenters. The van der Waals surface area contributed by atoms with Crippen molar-refractivity contribution in [3.63, 3.8) is 0 Å². The van der Waals surface area contributed by atoms with Gasteiger partial charge in [-0.1, -0.05) is 0 Å². The molecule has 0 aliphatic carbocycles. The van der Waals surface area contributed by atoms with E-state index in [0.29, 0.717) is 37.8 Å². The van der Waals surface area contributed by atoms with Gasteiger partial charge in [-0.2, -0.15) is 0 Å². The molecule has 0 aromatic carbocycles. The maximum Gasteiger partial charge on any atom is 0.148 e. The lowest BCUT2D eigenvalue weighted by atomic mass is 10.0. The van der Waals surface area contributed by atoms with E-state index >= 15 is 0 Å². The predicted molar refractivity (Wildman–Crippen MR) is 39.2 cm³/mol. The monoisotopic (exact) mass is 153 g/mol. The zero-order valence-electron chi connectivity index (χ0n) is 6.38. The van der Waals surface area contributed by atoms with Crippen LogP contribution in [0, 0.1) is 0 Å². The minimum Gasteiger partial charge on any atom is -0.298 e. The molecule has 0 aromatic heterocycles. The molecule has 2 heterocycles. The Morgan fingerprint density at radius 2 is 1.91 bits per heavy atom. The molecule has 0 amide bonds. The Hall–Kier alpha value is -0.700. The number of piperidine rings is 1. The number of carbonyl (C=O) groups excluding carboxylic acids is 2. The topological polar surface area (TPSA) is 37.4 Å². The van der Waals surface area contributed by atoms with Crippen molar-refractivity contribution in [3.8, 4) is 0 Å². The fourth-order valence-corrected chi connectivity index (χ4v) is 1.91. The standard InChI is InChI=1S/C8H11NO2/c10-7-2-1-6-3-8(11)5-9(6)4-7/h6H,1-5H2. The first-order valence-corrected chi connectivity index (χ1v) is 4.03. The molecule has 3 nitrogen and oxygen atoms in total. The number of nitrogens with zero attached hydrogens (tertiary/aromatic N) is 1. The molecule has 0 bridgehead atoms. The molecule has 0 N–H and O–H groups in total. The Kier molecular flexibility index (Phi) is 1.53. The summed E-state index contributed by atoms with van der Waals surface area (Å²) in [6.07, 6.45) is 2.24. The van der Waals surface area contributed by atoms with Crippen LogP contribution in [0.2, 0.25) is 0 Å². The van der Waals surface area contributed by atoms with Gasteiger partial charge >= 0.3 is 0 Å². The van der Waals surface area contributed by atoms with Crippen LogP contribution in [0.4, 0.5) is 0 Å². The van der Waals surface area contributed by atoms with Crippen molar-refractivity contribution in [3.05, 3.63) is 0 Å². The zero-order valence-corrected chi connectivity index (χ0v) is 6.38. The van der Waals surface area contributed by atoms with Crippen LogP contribution in [-0.4, -0.2) is 35.6 Å². The molecular formula is C8H11NO2. The Balaban J connectivity index is 2.08. The van der Waals surface area contributed by atoms with Gasteiger partial charge in [-0.05, 0) is 6.42 Å². The molecule has 2 aliphatic rings. The van der Waals surface area contributed by atoms with Crippen LogP contribution < -0.4 is 0 Å². The van der Waals surface area contributed by atoms with E-state index in [9.17, 15) is 9.59 Å². The van der Waals surface area contributed by atoms with E-state index in [2.05, 4.69) is 0 Å². The van der Waals surface area contributed by atoms with Crippen LogP contribution in [0.3, 0.4) is 0 Å². The highest BCUT2D eigenvalue weighted by atomic mass is 16.1. The minimum atomic E-state index is 0.288. The van der Waals surface area contributed by atoms with Crippen molar-refractivity contribution in [2.24, 2.45) is 0 Å². The van der Waals surface area contributed by atoms with E-state index in [0.717, 1.165) is 6.42 Å². The zero-order chi connectivity index (χ0) is 7.84. The minimum absolute atomic E-state index is 0.288. The Bertz CT molecular complexity index is 210. The first kappa shape index (κ1) is 6.98. The molecule has 0 saturated carbocycles. The molecule has 0 radical (unpaired) electrons. The van der Waals surface area contributed by atoms with Crippen molar-refractivity contribution in [2.75, 3.05) is 13.1 Å². The highest BCUT2D eigenvalue weighted by molar-refractivity contribution is 5.87. The fraction of sp³-hybridized carbons (Fsp3) is 0.750. The van der Waals surface area contributed by atoms with Gasteiger partial charge in [-0.25, -0.2) is 0 Å². The third-order valence-electron chi connectivity index (χ3n) is 2.49. The predicted octanol–water partition coefficient (Wildman–Crippen LogP) is -0.00730. The summed E-state index contributed by atoms with van der Waals surface area (Å²) in [4.78, 5) is 23.9. The normalized spacial score (nSPS) is 32.5. The van der Waals surface area contributed by atoms with E-state index in [-0.39, 0.29) is 5.78 Å². The second kappa shape index (κ2) is 2.41. The van der Waals surface area contributed by atoms with E-state index in [1.165, 1.54) is 0 Å². The number of carbonyl (C=O) groups is 2. The van der Waals surface area contributed by atoms with Crippen LogP contribution in [0.15, 0.2) is 0 Å². The summed E-state index contributed by atoms with van der Waals surface area (Å²) in [5, 5.41) is 0. The van der Waals surface area contributed by atoms with Crippen LogP contribution in [0.1, 0.15) is 19.3 Å². The number of ketones is 2. The van der Waals surface area contributed by atoms with Gasteiger partial charge in [0.2, 0.25) is 0 Å². The highest BCUT2D eigenvalue weighted by Gasteiger charge is 2.34. The average molecular weight is 153 g/mol. The van der Waals surface area contributed by atoms with Gasteiger partial charge in [0.05, 0.1) is 13.1 Å². The van der Waals surface area contributed by atoms with Crippen LogP contribution in [-0.2, 0) is 9.59 Å². The van der Waals surface area contributed by atoms with Crippen LogP contribution in [0.25, 0.3) is 0 Å². The summed E-state index contributed by atoms with van der Waals surface area (Å²) in [5.74, 6) is 0.584. The third kappa shape index (κ3) is 1.20. The van der Waals surface area contributed by atoms with E-state index < -0.39 is 0 Å². The summed E-state index contributed by atoms with van der Waals surface area (Å²) < 4.78 is 0. The summed E-state index contributed by atoms with van der Waals surface area (Å²) in [6, 6.07) is 0.389. The van der Waals surface area contributed by atoms with E-state index in [1.807, 2.05) is 4.90 Å². The second-order valence-electron chi connectivity index (χ2n) is 3.38. The molecule has 0 spiro atoms. The molecule has 2 fully saturated rings. The van der Waals surface area contributed by atoms with Gasteiger partial charge in [-0.3, -0.25) is 14.5 Å². The van der Waals surface area contributed by atoms with Crippen molar-refractivity contribution in [1.82, 2.24) is 4.90 Å². The molecule has 60 valence electrons. The SMILES string of the molecule is O=C1CCC2CC(=O)CN2C1. The Morgan fingerprint density at radius 3 is 2.73 bits per heavy atom. The van der Waals surface area contributed by atoms with Crippen molar-refractivity contribution < 1.29 is 9.59 Å². The lowest BCUT2D eigenvalue weighted by Gasteiger charge is -2.26. The third-order valence-corrected chi connectivity index (χ3v) is 2.49. The average Bonchev–Trinajstić information content (AvgIpc) is 2.27. The molecule has 11 heavy (non-hydrogen) atoms. The van der Waals surface area contributed by atoms with E-state index in [1.54, 1.807) is 0 Å². The van der Waals surface area contributed by atoms with Gasteiger partial charge in [0.25, 0.3) is 0 Å². The van der Waals surface area contributed by atoms with Crippen LogP contribution >= 0.6 is 0 Å². The second-order valence-corrected chi connectivity index (χ2v) is 3.38. The summed E-state index contributed by atoms with van der Waals surface area (Å²) in [7, 11) is 0. The number of hydrogen-bond acceptors (Lipinski definition) is 3. The molecular weight excluding hydrogens is 142 g/mol. The first-order chi connectivity index (χ1) is 5.25. The number of rotatable bonds is 0. The lowest BCUT2D eigenvalue weighted by Crippen LogP contribution is -2.39. The quantitative estimate of drug-likeness (QED) is 0.491. The number of Topliss-reactive ketones (excluding diaryl/α,β-unsaturated/α-hetero) is 2. The maximum atomic E-state index is 11.0. The molecule has 1 unspecified atom stereocenters. The number of hydrogen-bond donors (Lipinski definition) is 0. The molecule has 2 aliphatic heterocycles. The van der Waals surface area contributed by atoms with Crippen molar-refractivity contribution in [1.29, 1.82) is 0 Å². The van der Waals surface area contributed by atoms with E-state index in [4.69, 9.17) is 0 Å². The van der Waals surface area contributed by atoms with Gasteiger partial charge in [0.1, 0.15) is 11.6 Å². The van der Waals surface area contributed by atoms with Gasteiger partial charge < -0.3 is 0 Å². The van der Waals surface area contributed by atoms with Gasteiger partial charge in [0.15, 0.2) is 0 Å². The van der Waals surface area contributed by atoms with Crippen LogP contribution in [0.5, 0.6) is 0 Å². The van der Waals surface area contributed by atoms with Crippen molar-refractivity contribution in [2.45, 2.75) is 25.3 Å². The Labute approximate surface area is 65.4 Å². The van der Waals surface area contributed by atoms with Gasteiger partial charge in [0, 0.05) is 18.9 Å². The fourth-order valence-electron chi connectivity index (χ4n) is 1.91. The highest BCUT2D eigenvalue weighted by Crippen LogP contribution is 2.22. The largest absolute Gasteiger partial charge is 0.298 e. The van der Waals surface area contributed by atoms with Crippen molar-refractivity contribution >= 4 is 11.6 Å². The smallest absolute Gasteiger partial charge is 0.148 e. The summed E-state index contributed by atoms with van der Waals surface area (Å²) >= 11 is 0.